The number of benzene rings is 10. The lowest BCUT2D eigenvalue weighted by atomic mass is 9.95. The van der Waals surface area contributed by atoms with Gasteiger partial charge in [-0.25, -0.2) is 0 Å². The summed E-state index contributed by atoms with van der Waals surface area (Å²) in [5.41, 5.74) is 21.8. The van der Waals surface area contributed by atoms with Gasteiger partial charge in [0.1, 0.15) is 6.17 Å². The van der Waals surface area contributed by atoms with Crippen LogP contribution in [-0.4, -0.2) is 4.57 Å². The summed E-state index contributed by atoms with van der Waals surface area (Å²) in [5.74, 6) is 0. The fraction of sp³-hybridized carbons (Fsp3) is 0.0333. The second kappa shape index (κ2) is 16.5. The van der Waals surface area contributed by atoms with Crippen molar-refractivity contribution in [2.75, 3.05) is 0 Å². The zero-order valence-corrected chi connectivity index (χ0v) is 34.8. The molecule has 0 spiro atoms. The van der Waals surface area contributed by atoms with Crippen molar-refractivity contribution in [2.24, 2.45) is 5.73 Å². The summed E-state index contributed by atoms with van der Waals surface area (Å²) < 4.78 is 2.42. The van der Waals surface area contributed by atoms with Crippen molar-refractivity contribution in [1.82, 2.24) is 9.88 Å². The van der Waals surface area contributed by atoms with Crippen LogP contribution in [0.3, 0.4) is 0 Å². The van der Waals surface area contributed by atoms with Gasteiger partial charge >= 0.3 is 0 Å². The average Bonchev–Trinajstić information content (AvgIpc) is 3.68. The van der Waals surface area contributed by atoms with Crippen LogP contribution >= 0.6 is 0 Å². The zero-order valence-electron chi connectivity index (χ0n) is 34.8. The van der Waals surface area contributed by atoms with Crippen LogP contribution in [0.1, 0.15) is 22.9 Å². The van der Waals surface area contributed by atoms with Crippen molar-refractivity contribution in [3.8, 4) is 39.1 Å². The van der Waals surface area contributed by atoms with Gasteiger partial charge in [0.25, 0.3) is 0 Å². The average molecular weight is 808 g/mol. The van der Waals surface area contributed by atoms with Gasteiger partial charge in [-0.3, -0.25) is 0 Å². The van der Waals surface area contributed by atoms with Crippen molar-refractivity contribution in [1.29, 1.82) is 0 Å². The van der Waals surface area contributed by atoms with Gasteiger partial charge < -0.3 is 15.6 Å². The third-order valence-electron chi connectivity index (χ3n) is 12.5. The third-order valence-corrected chi connectivity index (χ3v) is 12.5. The minimum Gasteiger partial charge on any atom is -0.366 e. The Morgan fingerprint density at radius 1 is 0.444 bits per heavy atom. The smallest absolute Gasteiger partial charge is 0.101 e. The molecular formula is C60H45N3. The minimum absolute atomic E-state index is 0.337. The van der Waals surface area contributed by atoms with Crippen LogP contribution in [0.5, 0.6) is 0 Å². The van der Waals surface area contributed by atoms with Gasteiger partial charge in [0.05, 0.1) is 11.0 Å². The van der Waals surface area contributed by atoms with E-state index in [1.807, 2.05) is 18.2 Å². The van der Waals surface area contributed by atoms with Crippen molar-refractivity contribution in [3.63, 3.8) is 0 Å². The van der Waals surface area contributed by atoms with E-state index in [1.165, 1.54) is 71.2 Å². The molecule has 10 aromatic carbocycles. The number of hydrogen-bond acceptors (Lipinski definition) is 2. The molecule has 3 N–H and O–H groups in total. The van der Waals surface area contributed by atoms with Crippen molar-refractivity contribution in [3.05, 3.63) is 253 Å². The first kappa shape index (κ1) is 38.0. The molecule has 3 heteroatoms. The van der Waals surface area contributed by atoms with E-state index in [4.69, 9.17) is 5.73 Å². The van der Waals surface area contributed by atoms with Gasteiger partial charge in [-0.2, -0.15) is 0 Å². The molecule has 0 fully saturated rings. The quantitative estimate of drug-likeness (QED) is 0.135. The Morgan fingerprint density at radius 2 is 0.921 bits per heavy atom. The number of nitrogens with two attached hydrogens (primary N) is 1. The Balaban J connectivity index is 0.969. The molecule has 0 bridgehead atoms. The summed E-state index contributed by atoms with van der Waals surface area (Å²) in [5, 5.41) is 11.1. The highest BCUT2D eigenvalue weighted by Crippen LogP contribution is 2.40. The molecule has 0 aliphatic rings. The van der Waals surface area contributed by atoms with E-state index in [0.717, 1.165) is 40.1 Å². The van der Waals surface area contributed by atoms with Crippen LogP contribution in [0.2, 0.25) is 0 Å². The Kier molecular flexibility index (Phi) is 9.93. The van der Waals surface area contributed by atoms with E-state index >= 15 is 0 Å². The normalized spacial score (nSPS) is 12.3. The lowest BCUT2D eigenvalue weighted by Gasteiger charge is -2.19. The van der Waals surface area contributed by atoms with Gasteiger partial charge in [0.2, 0.25) is 0 Å². The lowest BCUT2D eigenvalue weighted by Crippen LogP contribution is -2.27. The van der Waals surface area contributed by atoms with E-state index in [9.17, 15) is 0 Å². The topological polar surface area (TPSA) is 43.0 Å². The van der Waals surface area contributed by atoms with Gasteiger partial charge in [-0.1, -0.05) is 200 Å². The Bertz CT molecular complexity index is 3290. The Hall–Kier alpha value is -7.98. The van der Waals surface area contributed by atoms with Crippen molar-refractivity contribution < 1.29 is 0 Å². The highest BCUT2D eigenvalue weighted by Gasteiger charge is 2.17. The first-order chi connectivity index (χ1) is 31.1. The summed E-state index contributed by atoms with van der Waals surface area (Å²) in [6.45, 7) is 0. The molecule has 0 saturated carbocycles. The molecule has 1 atom stereocenters. The lowest BCUT2D eigenvalue weighted by molar-refractivity contribution is 0.666. The van der Waals surface area contributed by atoms with Crippen LogP contribution in [0.25, 0.3) is 88.1 Å². The van der Waals surface area contributed by atoms with E-state index in [-0.39, 0.29) is 6.17 Å². The molecular weight excluding hydrogens is 763 g/mol. The number of nitrogens with zero attached hydrogens (tertiary/aromatic N) is 1. The van der Waals surface area contributed by atoms with Gasteiger partial charge in [-0.15, -0.1) is 0 Å². The minimum atomic E-state index is -0.337. The van der Waals surface area contributed by atoms with Crippen LogP contribution < -0.4 is 11.1 Å². The molecule has 0 saturated heterocycles. The highest BCUT2D eigenvalue weighted by atomic mass is 15.0. The Morgan fingerprint density at radius 3 is 1.49 bits per heavy atom. The monoisotopic (exact) mass is 807 g/mol. The van der Waals surface area contributed by atoms with E-state index in [1.54, 1.807) is 0 Å². The molecule has 63 heavy (non-hydrogen) atoms. The molecule has 0 aliphatic carbocycles. The molecule has 0 aliphatic heterocycles. The number of allylic oxidation sites excluding steroid dienone is 1. The molecule has 0 amide bonds. The molecule has 1 unspecified atom stereocenters. The van der Waals surface area contributed by atoms with Crippen LogP contribution in [0, 0.1) is 0 Å². The predicted molar refractivity (Wildman–Crippen MR) is 267 cm³/mol. The fourth-order valence-electron chi connectivity index (χ4n) is 9.24. The van der Waals surface area contributed by atoms with Crippen molar-refractivity contribution >= 4 is 49.0 Å². The molecule has 1 aromatic heterocycles. The Labute approximate surface area is 368 Å². The molecule has 11 rings (SSSR count). The first-order valence-electron chi connectivity index (χ1n) is 21.7. The summed E-state index contributed by atoms with van der Waals surface area (Å²) >= 11 is 0. The van der Waals surface area contributed by atoms with E-state index in [0.29, 0.717) is 0 Å². The predicted octanol–water partition coefficient (Wildman–Crippen LogP) is 14.9. The first-order valence-corrected chi connectivity index (χ1v) is 21.7. The second-order valence-electron chi connectivity index (χ2n) is 16.3. The van der Waals surface area contributed by atoms with Crippen LogP contribution in [0.4, 0.5) is 0 Å². The van der Waals surface area contributed by atoms with Gasteiger partial charge in [0, 0.05) is 22.2 Å². The SMILES string of the molecule is NC(N/C(=C\Cc1ccccc1)c1ccc(-c2ccc(-n3c4ccc(-c5cccc6ccccc56)cc4c4cc(-c5cccc6ccccc56)ccc43)cc2)cc1)c1ccccc1. The molecule has 0 radical (unpaired) electrons. The van der Waals surface area contributed by atoms with E-state index < -0.39 is 0 Å². The van der Waals surface area contributed by atoms with Crippen LogP contribution in [-0.2, 0) is 6.42 Å². The number of hydrogen-bond donors (Lipinski definition) is 2. The maximum atomic E-state index is 6.70. The summed E-state index contributed by atoms with van der Waals surface area (Å²) in [7, 11) is 0. The third kappa shape index (κ3) is 7.35. The van der Waals surface area contributed by atoms with Crippen LogP contribution in [0.15, 0.2) is 237 Å². The number of aromatic nitrogens is 1. The zero-order chi connectivity index (χ0) is 42.1. The number of nitrogens with one attached hydrogen (secondary N) is 1. The standard InChI is InChI=1S/C60H45N3/c61-60(47-17-5-2-6-18-47)62-57(36-25-41-13-3-1-4-14-41)46-28-26-42(27-29-46)43-30-34-50(35-31-43)63-58-37-32-48(53-23-11-19-44-15-7-9-21-51(44)53)39-55(58)56-40-49(33-38-59(56)63)54-24-12-20-45-16-8-10-22-52(45)54/h1-24,26-40,60,62H,25,61H2/b57-36-. The second-order valence-corrected chi connectivity index (χ2v) is 16.3. The largest absolute Gasteiger partial charge is 0.366 e. The number of fused-ring (bicyclic) bond motifs is 5. The van der Waals surface area contributed by atoms with E-state index in [2.05, 4.69) is 228 Å². The molecule has 11 aromatic rings. The summed E-state index contributed by atoms with van der Waals surface area (Å²) in [6.07, 6.45) is 2.70. The number of rotatable bonds is 10. The molecule has 3 nitrogen and oxygen atoms in total. The van der Waals surface area contributed by atoms with Gasteiger partial charge in [-0.05, 0) is 114 Å². The summed E-state index contributed by atoms with van der Waals surface area (Å²) in [6, 6.07) is 83.0. The summed E-state index contributed by atoms with van der Waals surface area (Å²) in [4.78, 5) is 0. The molecule has 1 heterocycles. The molecule has 300 valence electrons. The maximum absolute atomic E-state index is 6.70. The van der Waals surface area contributed by atoms with Crippen molar-refractivity contribution in [2.45, 2.75) is 12.6 Å². The highest BCUT2D eigenvalue weighted by molar-refractivity contribution is 6.13. The van der Waals surface area contributed by atoms with Gasteiger partial charge in [0.15, 0.2) is 0 Å². The fourth-order valence-corrected chi connectivity index (χ4v) is 9.24. The maximum Gasteiger partial charge on any atom is 0.101 e.